The van der Waals surface area contributed by atoms with Gasteiger partial charge in [-0.1, -0.05) is 23.7 Å². The van der Waals surface area contributed by atoms with E-state index >= 15 is 0 Å². The number of anilines is 2. The second-order valence-corrected chi connectivity index (χ2v) is 7.59. The van der Waals surface area contributed by atoms with E-state index in [-0.39, 0.29) is 22.7 Å². The van der Waals surface area contributed by atoms with Crippen LogP contribution in [0.3, 0.4) is 0 Å². The Morgan fingerprint density at radius 3 is 2.50 bits per heavy atom. The van der Waals surface area contributed by atoms with Gasteiger partial charge in [-0.15, -0.1) is 0 Å². The molecule has 1 unspecified atom stereocenters. The van der Waals surface area contributed by atoms with Gasteiger partial charge in [0.2, 0.25) is 11.9 Å². The van der Waals surface area contributed by atoms with Crippen molar-refractivity contribution < 1.29 is 13.6 Å². The number of amides is 1. The second kappa shape index (κ2) is 8.75. The van der Waals surface area contributed by atoms with Crippen molar-refractivity contribution in [1.82, 2.24) is 9.97 Å². The minimum absolute atomic E-state index is 0.0345. The fourth-order valence-corrected chi connectivity index (χ4v) is 3.65. The molecule has 1 amide bonds. The molecule has 30 heavy (non-hydrogen) atoms. The molecule has 1 fully saturated rings. The van der Waals surface area contributed by atoms with Crippen molar-refractivity contribution in [2.45, 2.75) is 12.8 Å². The smallest absolute Gasteiger partial charge is 0.229 e. The van der Waals surface area contributed by atoms with E-state index < -0.39 is 5.82 Å². The van der Waals surface area contributed by atoms with Gasteiger partial charge in [-0.05, 0) is 48.7 Å². The molecule has 8 heteroatoms. The lowest BCUT2D eigenvalue weighted by Gasteiger charge is -2.32. The SMILES string of the molecule is O=C(Nc1ccc(F)c(Cl)c1)C1CCCN(c2ncc(-c3ccc(F)cc3)cn2)C1. The largest absolute Gasteiger partial charge is 0.340 e. The Labute approximate surface area is 177 Å². The van der Waals surface area contributed by atoms with E-state index in [9.17, 15) is 13.6 Å². The van der Waals surface area contributed by atoms with Crippen molar-refractivity contribution in [2.75, 3.05) is 23.3 Å². The first-order valence-electron chi connectivity index (χ1n) is 9.58. The van der Waals surface area contributed by atoms with Gasteiger partial charge in [-0.2, -0.15) is 0 Å². The molecule has 0 bridgehead atoms. The quantitative estimate of drug-likeness (QED) is 0.640. The van der Waals surface area contributed by atoms with Crippen LogP contribution in [0.2, 0.25) is 5.02 Å². The third-order valence-electron chi connectivity index (χ3n) is 5.08. The summed E-state index contributed by atoms with van der Waals surface area (Å²) in [5, 5.41) is 2.76. The topological polar surface area (TPSA) is 58.1 Å². The van der Waals surface area contributed by atoms with E-state index in [0.29, 0.717) is 18.2 Å². The molecule has 3 aromatic rings. The maximum Gasteiger partial charge on any atom is 0.229 e. The fraction of sp³-hybridized carbons (Fsp3) is 0.227. The van der Waals surface area contributed by atoms with E-state index in [1.807, 2.05) is 4.90 Å². The van der Waals surface area contributed by atoms with Crippen molar-refractivity contribution in [1.29, 1.82) is 0 Å². The first-order valence-corrected chi connectivity index (χ1v) is 9.96. The fourth-order valence-electron chi connectivity index (χ4n) is 3.47. The summed E-state index contributed by atoms with van der Waals surface area (Å²) in [6.07, 6.45) is 4.95. The van der Waals surface area contributed by atoms with Crippen molar-refractivity contribution >= 4 is 29.1 Å². The van der Waals surface area contributed by atoms with Gasteiger partial charge in [0.1, 0.15) is 11.6 Å². The molecule has 1 aromatic heterocycles. The van der Waals surface area contributed by atoms with Crippen molar-refractivity contribution in [2.24, 2.45) is 5.92 Å². The summed E-state index contributed by atoms with van der Waals surface area (Å²) in [7, 11) is 0. The highest BCUT2D eigenvalue weighted by Crippen LogP contribution is 2.25. The lowest BCUT2D eigenvalue weighted by molar-refractivity contribution is -0.120. The molecule has 154 valence electrons. The van der Waals surface area contributed by atoms with Crippen LogP contribution in [0.5, 0.6) is 0 Å². The number of hydrogen-bond donors (Lipinski definition) is 1. The molecule has 5 nitrogen and oxygen atoms in total. The summed E-state index contributed by atoms with van der Waals surface area (Å²) >= 11 is 5.78. The average molecular weight is 429 g/mol. The van der Waals surface area contributed by atoms with Crippen LogP contribution in [0.4, 0.5) is 20.4 Å². The highest BCUT2D eigenvalue weighted by Gasteiger charge is 2.27. The maximum atomic E-state index is 13.3. The van der Waals surface area contributed by atoms with Crippen LogP contribution < -0.4 is 10.2 Å². The van der Waals surface area contributed by atoms with E-state index in [1.54, 1.807) is 24.5 Å². The van der Waals surface area contributed by atoms with Crippen LogP contribution >= 0.6 is 11.6 Å². The number of hydrogen-bond acceptors (Lipinski definition) is 4. The number of halogens is 3. The lowest BCUT2D eigenvalue weighted by Crippen LogP contribution is -2.41. The van der Waals surface area contributed by atoms with Gasteiger partial charge in [0.05, 0.1) is 10.9 Å². The molecule has 2 aromatic carbocycles. The molecule has 1 atom stereocenters. The number of nitrogens with zero attached hydrogens (tertiary/aromatic N) is 3. The summed E-state index contributed by atoms with van der Waals surface area (Å²) in [5.41, 5.74) is 2.08. The second-order valence-electron chi connectivity index (χ2n) is 7.18. The van der Waals surface area contributed by atoms with Gasteiger partial charge in [0.25, 0.3) is 0 Å². The first-order chi connectivity index (χ1) is 14.5. The molecule has 0 aliphatic carbocycles. The Kier molecular flexibility index (Phi) is 5.90. The molecule has 1 aliphatic rings. The molecule has 0 radical (unpaired) electrons. The number of nitrogens with one attached hydrogen (secondary N) is 1. The van der Waals surface area contributed by atoms with Gasteiger partial charge >= 0.3 is 0 Å². The number of benzene rings is 2. The number of aromatic nitrogens is 2. The Morgan fingerprint density at radius 1 is 1.07 bits per heavy atom. The van der Waals surface area contributed by atoms with E-state index in [2.05, 4.69) is 15.3 Å². The molecule has 1 N–H and O–H groups in total. The predicted octanol–water partition coefficient (Wildman–Crippen LogP) is 4.93. The van der Waals surface area contributed by atoms with Crippen molar-refractivity contribution in [3.05, 3.63) is 71.5 Å². The third kappa shape index (κ3) is 4.57. The zero-order valence-electron chi connectivity index (χ0n) is 16.0. The van der Waals surface area contributed by atoms with Crippen LogP contribution in [0, 0.1) is 17.6 Å². The summed E-state index contributed by atoms with van der Waals surface area (Å²) in [6.45, 7) is 1.23. The Balaban J connectivity index is 1.42. The van der Waals surface area contributed by atoms with Gasteiger partial charge in [-0.25, -0.2) is 18.7 Å². The number of carbonyl (C=O) groups is 1. The van der Waals surface area contributed by atoms with Crippen molar-refractivity contribution in [3.63, 3.8) is 0 Å². The van der Waals surface area contributed by atoms with Crippen LogP contribution in [-0.2, 0) is 4.79 Å². The Morgan fingerprint density at radius 2 is 1.80 bits per heavy atom. The molecule has 1 aliphatic heterocycles. The van der Waals surface area contributed by atoms with Crippen LogP contribution in [0.1, 0.15) is 12.8 Å². The summed E-state index contributed by atoms with van der Waals surface area (Å²) in [6, 6.07) is 10.2. The molecule has 0 spiro atoms. The number of piperidine rings is 1. The maximum absolute atomic E-state index is 13.3. The minimum Gasteiger partial charge on any atom is -0.340 e. The zero-order valence-corrected chi connectivity index (χ0v) is 16.7. The third-order valence-corrected chi connectivity index (χ3v) is 5.37. The van der Waals surface area contributed by atoms with Gasteiger partial charge < -0.3 is 10.2 Å². The molecular formula is C22H19ClF2N4O. The van der Waals surface area contributed by atoms with Gasteiger partial charge in [0.15, 0.2) is 0 Å². The van der Waals surface area contributed by atoms with Gasteiger partial charge in [-0.3, -0.25) is 4.79 Å². The Bertz CT molecular complexity index is 1040. The lowest BCUT2D eigenvalue weighted by atomic mass is 9.97. The van der Waals surface area contributed by atoms with E-state index in [0.717, 1.165) is 30.5 Å². The molecule has 4 rings (SSSR count). The zero-order chi connectivity index (χ0) is 21.1. The summed E-state index contributed by atoms with van der Waals surface area (Å²) in [4.78, 5) is 23.5. The standard InChI is InChI=1S/C22H19ClF2N4O/c23-19-10-18(7-8-20(19)25)28-21(30)15-2-1-9-29(13-15)22-26-11-16(12-27-22)14-3-5-17(24)6-4-14/h3-8,10-12,15H,1-2,9,13H2,(H,28,30). The summed E-state index contributed by atoms with van der Waals surface area (Å²) < 4.78 is 26.4. The van der Waals surface area contributed by atoms with Gasteiger partial charge in [0, 0.05) is 36.7 Å². The van der Waals surface area contributed by atoms with Crippen LogP contribution in [0.25, 0.3) is 11.1 Å². The molecule has 2 heterocycles. The molecular weight excluding hydrogens is 410 g/mol. The number of rotatable bonds is 4. The molecule has 1 saturated heterocycles. The van der Waals surface area contributed by atoms with Crippen LogP contribution in [0.15, 0.2) is 54.9 Å². The Hall–Kier alpha value is -3.06. The van der Waals surface area contributed by atoms with Crippen LogP contribution in [-0.4, -0.2) is 29.0 Å². The average Bonchev–Trinajstić information content (AvgIpc) is 2.77. The predicted molar refractivity (Wildman–Crippen MR) is 112 cm³/mol. The number of carbonyl (C=O) groups excluding carboxylic acids is 1. The monoisotopic (exact) mass is 428 g/mol. The highest BCUT2D eigenvalue weighted by atomic mass is 35.5. The van der Waals surface area contributed by atoms with E-state index in [1.165, 1.54) is 30.3 Å². The minimum atomic E-state index is -0.528. The van der Waals surface area contributed by atoms with E-state index in [4.69, 9.17) is 11.6 Å². The normalized spacial score (nSPS) is 16.4. The molecule has 0 saturated carbocycles. The summed E-state index contributed by atoms with van der Waals surface area (Å²) in [5.74, 6) is -0.673. The highest BCUT2D eigenvalue weighted by molar-refractivity contribution is 6.31. The first kappa shape index (κ1) is 20.2. The van der Waals surface area contributed by atoms with Crippen molar-refractivity contribution in [3.8, 4) is 11.1 Å².